The summed E-state index contributed by atoms with van der Waals surface area (Å²) in [6.45, 7) is 11.9. The summed E-state index contributed by atoms with van der Waals surface area (Å²) in [5, 5.41) is 0. The first-order valence-electron chi connectivity index (χ1n) is 24.0. The molecule has 5 aliphatic rings. The van der Waals surface area contributed by atoms with Crippen LogP contribution in [0.1, 0.15) is 66.2 Å². The van der Waals surface area contributed by atoms with Crippen molar-refractivity contribution in [2.45, 2.75) is 74.4 Å². The number of hydrogen-bond donors (Lipinski definition) is 0. The highest BCUT2D eigenvalue weighted by atomic mass is 35.5. The van der Waals surface area contributed by atoms with Crippen molar-refractivity contribution in [2.75, 3.05) is 80.2 Å². The molecule has 69 heavy (non-hydrogen) atoms. The maximum absolute atomic E-state index is 7.03. The Morgan fingerprint density at radius 1 is 0.638 bits per heavy atom. The van der Waals surface area contributed by atoms with Gasteiger partial charge in [-0.05, 0) is 154 Å². The molecule has 6 bridgehead atoms. The van der Waals surface area contributed by atoms with E-state index in [0.29, 0.717) is 46.3 Å². The fourth-order valence-corrected chi connectivity index (χ4v) is 11.6. The van der Waals surface area contributed by atoms with Gasteiger partial charge in [-0.25, -0.2) is 0 Å². The molecule has 364 valence electrons. The van der Waals surface area contributed by atoms with Gasteiger partial charge in [-0.3, -0.25) is 14.7 Å². The van der Waals surface area contributed by atoms with Crippen LogP contribution in [0.3, 0.4) is 0 Å². The van der Waals surface area contributed by atoms with Crippen LogP contribution in [0, 0.1) is 0 Å². The number of likely N-dealkylation sites (N-methyl/N-ethyl adjacent to an activating group) is 3. The molecule has 0 saturated heterocycles. The van der Waals surface area contributed by atoms with E-state index in [1.165, 1.54) is 43.4 Å². The molecule has 3 unspecified atom stereocenters. The predicted octanol–water partition coefficient (Wildman–Crippen LogP) is 12.6. The van der Waals surface area contributed by atoms with Crippen molar-refractivity contribution in [1.29, 1.82) is 0 Å². The number of halogens is 1. The Morgan fingerprint density at radius 3 is 1.86 bits per heavy atom. The Bertz CT molecular complexity index is 2690. The number of fused-ring (bicyclic) bond motifs is 4. The first kappa shape index (κ1) is 49.8. The summed E-state index contributed by atoms with van der Waals surface area (Å²) in [6, 6.07) is 39.2. The Hall–Kier alpha value is -5.56. The van der Waals surface area contributed by atoms with Gasteiger partial charge < -0.3 is 33.3 Å². The average molecular weight is 972 g/mol. The molecule has 3 atom stereocenters. The molecule has 5 aliphatic heterocycles. The van der Waals surface area contributed by atoms with E-state index in [0.717, 1.165) is 75.3 Å². The fourth-order valence-electron chi connectivity index (χ4n) is 10.5. The van der Waals surface area contributed by atoms with Crippen molar-refractivity contribution in [2.24, 2.45) is 0 Å². The van der Waals surface area contributed by atoms with E-state index in [1.54, 1.807) is 28.4 Å². The van der Waals surface area contributed by atoms with Crippen LogP contribution in [0.15, 0.2) is 119 Å². The van der Waals surface area contributed by atoms with Crippen molar-refractivity contribution < 1.29 is 28.4 Å². The highest BCUT2D eigenvalue weighted by Gasteiger charge is 2.35. The lowest BCUT2D eigenvalue weighted by molar-refractivity contribution is 0.220. The third-order valence-corrected chi connectivity index (χ3v) is 15.4. The summed E-state index contributed by atoms with van der Waals surface area (Å²) in [7, 11) is 11.1. The molecule has 0 spiro atoms. The third-order valence-electron chi connectivity index (χ3n) is 14.3. The largest absolute Gasteiger partial charge is 0.493 e. The number of nitrogens with zero attached hydrogens (tertiary/aromatic N) is 4. The molecule has 5 heterocycles. The van der Waals surface area contributed by atoms with Crippen molar-refractivity contribution in [1.82, 2.24) is 14.7 Å². The molecule has 0 aromatic heterocycles. The van der Waals surface area contributed by atoms with Crippen LogP contribution in [0.5, 0.6) is 46.0 Å². The van der Waals surface area contributed by atoms with Gasteiger partial charge in [0.05, 0.1) is 39.8 Å². The molecule has 11 rings (SSSR count). The number of benzene rings is 6. The molecule has 6 aromatic carbocycles. The lowest BCUT2D eigenvalue weighted by Crippen LogP contribution is -2.41. The normalized spacial score (nSPS) is 17.4. The topological polar surface area (TPSA) is 68.3 Å². The van der Waals surface area contributed by atoms with E-state index in [9.17, 15) is 0 Å². The molecule has 0 N–H and O–H groups in total. The maximum Gasteiger partial charge on any atom is 0.204 e. The zero-order valence-electron chi connectivity index (χ0n) is 41.5. The molecule has 0 saturated carbocycles. The molecule has 10 nitrogen and oxygen atoms in total. The Kier molecular flexibility index (Phi) is 15.9. The second-order valence-electron chi connectivity index (χ2n) is 18.2. The first-order chi connectivity index (χ1) is 33.1. The summed E-state index contributed by atoms with van der Waals surface area (Å²) in [4.78, 5) is 12.5. The number of hydrogen-bond acceptors (Lipinski definition) is 11. The van der Waals surface area contributed by atoms with Gasteiger partial charge in [-0.15, -0.1) is 12.4 Å². The number of para-hydroxylation sites is 2. The zero-order valence-corrected chi connectivity index (χ0v) is 43.2. The molecule has 0 aliphatic carbocycles. The second kappa shape index (κ2) is 22.0. The summed E-state index contributed by atoms with van der Waals surface area (Å²) >= 11 is 1.88. The summed E-state index contributed by atoms with van der Waals surface area (Å²) in [6.07, 6.45) is 3.37. The highest BCUT2D eigenvalue weighted by Crippen LogP contribution is 2.52. The van der Waals surface area contributed by atoms with Gasteiger partial charge in [-0.1, -0.05) is 68.1 Å². The predicted molar refractivity (Wildman–Crippen MR) is 281 cm³/mol. The summed E-state index contributed by atoms with van der Waals surface area (Å²) in [5.74, 6) is 5.41. The average Bonchev–Trinajstić information content (AvgIpc) is 3.36. The minimum Gasteiger partial charge on any atom is -0.493 e. The molecule has 12 heteroatoms. The number of methoxy groups -OCH3 is 4. The van der Waals surface area contributed by atoms with Gasteiger partial charge in [0.25, 0.3) is 0 Å². The lowest BCUT2D eigenvalue weighted by atomic mass is 9.87. The Balaban J connectivity index is 0.000000234. The van der Waals surface area contributed by atoms with Crippen LogP contribution in [0.4, 0.5) is 11.4 Å². The zero-order chi connectivity index (χ0) is 47.5. The smallest absolute Gasteiger partial charge is 0.204 e. The standard InChI is InChI=1S/C38H42N2O6.C19H24N2S.ClH/c1-39-15-13-25-20-32(42-4)34-22-28(25)29(39)17-23-7-10-27(11-8-23)45-33-19-24(9-12-31(33)41-3)18-30-36-26(14-16-40(30)2)21-35(43-5)37(44-6)38(36)46-34;1-4-20(5-2)15(3)14-21-16-10-6-8-12-18(16)22-19-13-9-7-11-17(19)21;/h7-12,19-22,29-30H,13-18H2,1-6H3;6-13,15H,4-5,14H2,1-3H3;1H. The molecule has 0 fully saturated rings. The van der Waals surface area contributed by atoms with E-state index in [2.05, 4.69) is 145 Å². The van der Waals surface area contributed by atoms with Crippen LogP contribution in [0.2, 0.25) is 0 Å². The minimum absolute atomic E-state index is 0. The van der Waals surface area contributed by atoms with Crippen molar-refractivity contribution in [3.8, 4) is 46.0 Å². The van der Waals surface area contributed by atoms with Gasteiger partial charge in [-0.2, -0.15) is 0 Å². The van der Waals surface area contributed by atoms with Gasteiger partial charge in [0.2, 0.25) is 5.75 Å². The van der Waals surface area contributed by atoms with Crippen LogP contribution < -0.4 is 33.3 Å². The molecule has 0 amide bonds. The van der Waals surface area contributed by atoms with Crippen LogP contribution in [-0.2, 0) is 25.7 Å². The fraction of sp³-hybridized carbons (Fsp3) is 0.368. The first-order valence-corrected chi connectivity index (χ1v) is 24.8. The van der Waals surface area contributed by atoms with E-state index in [4.69, 9.17) is 28.4 Å². The van der Waals surface area contributed by atoms with E-state index < -0.39 is 0 Å². The monoisotopic (exact) mass is 970 g/mol. The SMILES string of the molecule is CCN(CC)C(C)CN1c2ccccc2Sc2ccccc21.COc1ccc2cc1Oc1ccc(cc1)CC1c3cc(c(OC)cc3CCN1C)Oc1c(OC)c(OC)cc3c1C(C2)N(C)CC3.Cl. The van der Waals surface area contributed by atoms with Gasteiger partial charge >= 0.3 is 0 Å². The molecular formula is C57H67ClN4O6S. The Labute approximate surface area is 419 Å². The number of rotatable bonds is 9. The van der Waals surface area contributed by atoms with Crippen molar-refractivity contribution in [3.05, 3.63) is 143 Å². The summed E-state index contributed by atoms with van der Waals surface area (Å²) < 4.78 is 37.1. The third kappa shape index (κ3) is 10.2. The van der Waals surface area contributed by atoms with E-state index >= 15 is 0 Å². The van der Waals surface area contributed by atoms with Crippen molar-refractivity contribution in [3.63, 3.8) is 0 Å². The van der Waals surface area contributed by atoms with Gasteiger partial charge in [0.15, 0.2) is 34.5 Å². The minimum atomic E-state index is 0. The quantitative estimate of drug-likeness (QED) is 0.139. The van der Waals surface area contributed by atoms with Crippen LogP contribution >= 0.6 is 24.2 Å². The maximum atomic E-state index is 7.03. The van der Waals surface area contributed by atoms with E-state index in [1.807, 2.05) is 30.0 Å². The number of ether oxygens (including phenoxy) is 6. The van der Waals surface area contributed by atoms with E-state index in [-0.39, 0.29) is 24.5 Å². The second-order valence-corrected chi connectivity index (χ2v) is 19.3. The van der Waals surface area contributed by atoms with Gasteiger partial charge in [0.1, 0.15) is 5.75 Å². The Morgan fingerprint density at radius 2 is 1.22 bits per heavy atom. The molecule has 6 aromatic rings. The van der Waals surface area contributed by atoms with Crippen molar-refractivity contribution >= 4 is 35.5 Å². The number of anilines is 2. The molecular weight excluding hydrogens is 904 g/mol. The van der Waals surface area contributed by atoms with Gasteiger partial charge in [0, 0.05) is 53.1 Å². The van der Waals surface area contributed by atoms with Crippen LogP contribution in [-0.4, -0.2) is 96.0 Å². The summed E-state index contributed by atoms with van der Waals surface area (Å²) in [5.41, 5.74) is 9.83. The van der Waals surface area contributed by atoms with Crippen LogP contribution in [0.25, 0.3) is 0 Å². The lowest BCUT2D eigenvalue weighted by Gasteiger charge is -2.37. The molecule has 0 radical (unpaired) electrons. The highest BCUT2D eigenvalue weighted by molar-refractivity contribution is 7.99.